The van der Waals surface area contributed by atoms with E-state index in [1.165, 1.54) is 25.9 Å². The van der Waals surface area contributed by atoms with Crippen LogP contribution in [0.3, 0.4) is 0 Å². The summed E-state index contributed by atoms with van der Waals surface area (Å²) in [5.41, 5.74) is 3.61. The molecule has 3 aromatic carbocycles. The first-order chi connectivity index (χ1) is 18.1. The largest absolute Gasteiger partial charge is 1.00 e. The molecule has 0 heterocycles. The number of nitrogens with one attached hydrogen (secondary N) is 3. The van der Waals surface area contributed by atoms with Crippen LogP contribution >= 0.6 is 0 Å². The van der Waals surface area contributed by atoms with Crippen molar-refractivity contribution in [1.82, 2.24) is 5.32 Å². The molecular formula is C28H31N4NaO6. The van der Waals surface area contributed by atoms with Crippen molar-refractivity contribution in [2.24, 2.45) is 0 Å². The van der Waals surface area contributed by atoms with Crippen LogP contribution < -0.4 is 55.1 Å². The van der Waals surface area contributed by atoms with Gasteiger partial charge in [0.05, 0.1) is 30.9 Å². The van der Waals surface area contributed by atoms with Gasteiger partial charge in [-0.25, -0.2) is 4.79 Å². The Morgan fingerprint density at radius 3 is 2.10 bits per heavy atom. The maximum Gasteiger partial charge on any atom is 1.00 e. The van der Waals surface area contributed by atoms with E-state index < -0.39 is 18.0 Å². The number of ether oxygens (including phenoxy) is 1. The van der Waals surface area contributed by atoms with E-state index in [2.05, 4.69) is 16.0 Å². The molecule has 0 aliphatic carbocycles. The Kier molecular flexibility index (Phi) is 11.5. The van der Waals surface area contributed by atoms with Crippen LogP contribution in [0.25, 0.3) is 0 Å². The number of carbonyl (C=O) groups excluding carboxylic acids is 3. The average molecular weight is 543 g/mol. The number of methoxy groups -OCH3 is 1. The molecule has 0 fully saturated rings. The molecule has 0 saturated heterocycles. The van der Waals surface area contributed by atoms with Gasteiger partial charge in [0.15, 0.2) is 0 Å². The molecule has 200 valence electrons. The standard InChI is InChI=1S/C28H30N4O6.Na.H/c1-17-7-5-6-8-23(17)30-28(37)31-24-14-13-22(15-26(24)38-4)32(19(3)34)21-11-9-20(10-12-21)25(16-27(35)36)29-18(2)33;;/h5-15,25H,16H2,1-4H3,(H,29,33)(H,35,36)(H2,30,31,37);;/q;+1;-1/t25-;;/m1../s1. The van der Waals surface area contributed by atoms with Gasteiger partial charge in [-0.1, -0.05) is 30.3 Å². The molecule has 0 aromatic heterocycles. The normalized spacial score (nSPS) is 10.9. The van der Waals surface area contributed by atoms with Gasteiger partial charge in [-0.05, 0) is 48.4 Å². The maximum atomic E-state index is 12.6. The van der Waals surface area contributed by atoms with Gasteiger partial charge in [0.25, 0.3) is 0 Å². The number of hydrogen-bond donors (Lipinski definition) is 4. The Morgan fingerprint density at radius 1 is 0.923 bits per heavy atom. The molecule has 0 spiro atoms. The van der Waals surface area contributed by atoms with E-state index in [9.17, 15) is 24.3 Å². The molecule has 0 aliphatic rings. The first kappa shape index (κ1) is 31.4. The molecule has 4 N–H and O–H groups in total. The first-order valence-corrected chi connectivity index (χ1v) is 11.8. The zero-order valence-electron chi connectivity index (χ0n) is 23.6. The fraction of sp³-hybridized carbons (Fsp3) is 0.214. The minimum atomic E-state index is -1.05. The second-order valence-electron chi connectivity index (χ2n) is 8.58. The molecular weight excluding hydrogens is 511 g/mol. The third kappa shape index (κ3) is 8.57. The number of rotatable bonds is 9. The van der Waals surface area contributed by atoms with Crippen molar-refractivity contribution in [3.05, 3.63) is 77.9 Å². The summed E-state index contributed by atoms with van der Waals surface area (Å²) in [5, 5.41) is 17.4. The van der Waals surface area contributed by atoms with Crippen molar-refractivity contribution in [2.45, 2.75) is 33.2 Å². The summed E-state index contributed by atoms with van der Waals surface area (Å²) >= 11 is 0. The van der Waals surface area contributed by atoms with Crippen molar-refractivity contribution in [2.75, 3.05) is 22.6 Å². The van der Waals surface area contributed by atoms with Crippen LogP contribution in [0.2, 0.25) is 0 Å². The van der Waals surface area contributed by atoms with Crippen molar-refractivity contribution >= 4 is 46.6 Å². The van der Waals surface area contributed by atoms with Crippen LogP contribution in [0.4, 0.5) is 27.5 Å². The van der Waals surface area contributed by atoms with E-state index in [1.54, 1.807) is 48.5 Å². The predicted molar refractivity (Wildman–Crippen MR) is 146 cm³/mol. The average Bonchev–Trinajstić information content (AvgIpc) is 2.85. The van der Waals surface area contributed by atoms with Crippen LogP contribution in [-0.2, 0) is 14.4 Å². The fourth-order valence-electron chi connectivity index (χ4n) is 3.95. The molecule has 10 nitrogen and oxygen atoms in total. The fourth-order valence-corrected chi connectivity index (χ4v) is 3.95. The number of carbonyl (C=O) groups is 4. The molecule has 11 heteroatoms. The molecule has 0 aliphatic heterocycles. The second kappa shape index (κ2) is 14.3. The summed E-state index contributed by atoms with van der Waals surface area (Å²) in [6.45, 7) is 4.62. The molecule has 0 saturated carbocycles. The van der Waals surface area contributed by atoms with Crippen LogP contribution in [0.5, 0.6) is 5.75 Å². The van der Waals surface area contributed by atoms with Crippen LogP contribution in [0, 0.1) is 6.92 Å². The van der Waals surface area contributed by atoms with Crippen LogP contribution in [-0.4, -0.2) is 36.0 Å². The summed E-state index contributed by atoms with van der Waals surface area (Å²) in [7, 11) is 1.46. The van der Waals surface area contributed by atoms with E-state index >= 15 is 0 Å². The molecule has 4 amide bonds. The summed E-state index contributed by atoms with van der Waals surface area (Å²) in [5.74, 6) is -1.33. The minimum absolute atomic E-state index is 0. The number of amides is 4. The van der Waals surface area contributed by atoms with Crippen LogP contribution in [0.15, 0.2) is 66.7 Å². The second-order valence-corrected chi connectivity index (χ2v) is 8.58. The summed E-state index contributed by atoms with van der Waals surface area (Å²) in [6.07, 6.45) is -0.279. The molecule has 3 rings (SSSR count). The van der Waals surface area contributed by atoms with E-state index in [1.807, 2.05) is 25.1 Å². The number of hydrogen-bond acceptors (Lipinski definition) is 5. The van der Waals surface area contributed by atoms with E-state index in [-0.39, 0.29) is 49.2 Å². The Hall–Kier alpha value is -3.86. The molecule has 3 aromatic rings. The molecule has 0 bridgehead atoms. The summed E-state index contributed by atoms with van der Waals surface area (Å²) in [6, 6.07) is 17.8. The SMILES string of the molecule is COc1cc(N(C(C)=O)c2ccc([C@@H](CC(=O)O)NC(C)=O)cc2)ccc1NC(=O)Nc1ccccc1C.[H-].[Na+]. The zero-order chi connectivity index (χ0) is 27.8. The van der Waals surface area contributed by atoms with Crippen molar-refractivity contribution < 1.29 is 60.0 Å². The number of aryl methyl sites for hydroxylation is 1. The van der Waals surface area contributed by atoms with Gasteiger partial charge in [0, 0.05) is 31.3 Å². The number of benzene rings is 3. The van der Waals surface area contributed by atoms with Crippen molar-refractivity contribution in [3.63, 3.8) is 0 Å². The number of aliphatic carboxylic acids is 1. The van der Waals surface area contributed by atoms with Gasteiger partial charge in [-0.15, -0.1) is 0 Å². The zero-order valence-corrected chi connectivity index (χ0v) is 24.6. The smallest absolute Gasteiger partial charge is 1.00 e. The Bertz CT molecular complexity index is 1340. The molecule has 1 atom stereocenters. The van der Waals surface area contributed by atoms with Gasteiger partial charge in [-0.3, -0.25) is 19.3 Å². The van der Waals surface area contributed by atoms with Gasteiger partial charge < -0.3 is 27.2 Å². The third-order valence-corrected chi connectivity index (χ3v) is 5.71. The monoisotopic (exact) mass is 542 g/mol. The third-order valence-electron chi connectivity index (χ3n) is 5.71. The van der Waals surface area contributed by atoms with Crippen molar-refractivity contribution in [3.8, 4) is 5.75 Å². The van der Waals surface area contributed by atoms with E-state index in [4.69, 9.17) is 4.74 Å². The van der Waals surface area contributed by atoms with Crippen LogP contribution in [0.1, 0.15) is 38.9 Å². The number of para-hydroxylation sites is 1. The van der Waals surface area contributed by atoms with E-state index in [0.29, 0.717) is 34.1 Å². The Labute approximate surface area is 250 Å². The van der Waals surface area contributed by atoms with Gasteiger partial charge in [0.2, 0.25) is 11.8 Å². The number of nitrogens with zero attached hydrogens (tertiary/aromatic N) is 1. The summed E-state index contributed by atoms with van der Waals surface area (Å²) in [4.78, 5) is 49.4. The quantitative estimate of drug-likeness (QED) is 0.306. The Balaban J connectivity index is 0.00000400. The minimum Gasteiger partial charge on any atom is -1.00 e. The first-order valence-electron chi connectivity index (χ1n) is 11.8. The molecule has 0 radical (unpaired) electrons. The summed E-state index contributed by atoms with van der Waals surface area (Å²) < 4.78 is 5.47. The maximum absolute atomic E-state index is 12.6. The van der Waals surface area contributed by atoms with Gasteiger partial charge in [-0.2, -0.15) is 0 Å². The number of urea groups is 1. The van der Waals surface area contributed by atoms with Gasteiger partial charge in [0.1, 0.15) is 5.75 Å². The predicted octanol–water partition coefficient (Wildman–Crippen LogP) is 2.10. The molecule has 0 unspecified atom stereocenters. The Morgan fingerprint density at radius 2 is 1.54 bits per heavy atom. The van der Waals surface area contributed by atoms with E-state index in [0.717, 1.165) is 5.56 Å². The topological polar surface area (TPSA) is 137 Å². The molecule has 39 heavy (non-hydrogen) atoms. The van der Waals surface area contributed by atoms with Gasteiger partial charge >= 0.3 is 41.6 Å². The van der Waals surface area contributed by atoms with Crippen molar-refractivity contribution in [1.29, 1.82) is 0 Å². The number of carboxylic acids is 1. The number of carboxylic acid groups (broad SMARTS) is 1. The number of anilines is 4.